The van der Waals surface area contributed by atoms with Crippen molar-refractivity contribution in [2.24, 2.45) is 0 Å². The van der Waals surface area contributed by atoms with E-state index in [1.54, 1.807) is 0 Å². The standard InChI is InChI=1S/C13H25N3O/c1-10(9-12-3-2-7-15-12)14-8-6-13(17)16-11-4-5-11/h10-12,14-15H,2-9H2,1H3,(H,16,17). The summed E-state index contributed by atoms with van der Waals surface area (Å²) in [6.07, 6.45) is 6.73. The van der Waals surface area contributed by atoms with Crippen LogP contribution in [-0.2, 0) is 4.79 Å². The minimum atomic E-state index is 0.200. The van der Waals surface area contributed by atoms with Gasteiger partial charge in [-0.15, -0.1) is 0 Å². The van der Waals surface area contributed by atoms with E-state index in [9.17, 15) is 4.79 Å². The molecule has 1 saturated carbocycles. The van der Waals surface area contributed by atoms with Crippen LogP contribution in [0.25, 0.3) is 0 Å². The first-order valence-electron chi connectivity index (χ1n) is 7.00. The average molecular weight is 239 g/mol. The quantitative estimate of drug-likeness (QED) is 0.615. The molecule has 4 heteroatoms. The lowest BCUT2D eigenvalue weighted by atomic mass is 10.1. The van der Waals surface area contributed by atoms with Gasteiger partial charge in [-0.25, -0.2) is 0 Å². The molecule has 1 aliphatic heterocycles. The summed E-state index contributed by atoms with van der Waals surface area (Å²) < 4.78 is 0. The molecule has 17 heavy (non-hydrogen) atoms. The van der Waals surface area contributed by atoms with Crippen molar-refractivity contribution < 1.29 is 4.79 Å². The highest BCUT2D eigenvalue weighted by atomic mass is 16.1. The van der Waals surface area contributed by atoms with Gasteiger partial charge in [-0.2, -0.15) is 0 Å². The molecule has 1 amide bonds. The second kappa shape index (κ2) is 6.36. The van der Waals surface area contributed by atoms with Gasteiger partial charge in [0.1, 0.15) is 0 Å². The lowest BCUT2D eigenvalue weighted by molar-refractivity contribution is -0.121. The maximum absolute atomic E-state index is 11.5. The van der Waals surface area contributed by atoms with Crippen LogP contribution in [0.5, 0.6) is 0 Å². The van der Waals surface area contributed by atoms with Crippen LogP contribution in [0.4, 0.5) is 0 Å². The molecular weight excluding hydrogens is 214 g/mol. The highest BCUT2D eigenvalue weighted by molar-refractivity contribution is 5.76. The summed E-state index contributed by atoms with van der Waals surface area (Å²) in [7, 11) is 0. The Morgan fingerprint density at radius 3 is 2.88 bits per heavy atom. The van der Waals surface area contributed by atoms with E-state index in [2.05, 4.69) is 22.9 Å². The number of nitrogens with one attached hydrogen (secondary N) is 3. The van der Waals surface area contributed by atoms with E-state index >= 15 is 0 Å². The van der Waals surface area contributed by atoms with Crippen LogP contribution in [0.15, 0.2) is 0 Å². The van der Waals surface area contributed by atoms with Crippen LogP contribution in [-0.4, -0.2) is 37.1 Å². The van der Waals surface area contributed by atoms with Crippen molar-refractivity contribution in [2.75, 3.05) is 13.1 Å². The maximum atomic E-state index is 11.5. The Balaban J connectivity index is 1.49. The van der Waals surface area contributed by atoms with E-state index in [0.29, 0.717) is 24.5 Å². The highest BCUT2D eigenvalue weighted by Gasteiger charge is 2.23. The van der Waals surface area contributed by atoms with Crippen molar-refractivity contribution in [3.05, 3.63) is 0 Å². The van der Waals surface area contributed by atoms with Crippen molar-refractivity contribution in [3.63, 3.8) is 0 Å². The summed E-state index contributed by atoms with van der Waals surface area (Å²) >= 11 is 0. The van der Waals surface area contributed by atoms with Crippen molar-refractivity contribution >= 4 is 5.91 Å². The molecule has 0 bridgehead atoms. The Morgan fingerprint density at radius 2 is 2.24 bits per heavy atom. The summed E-state index contributed by atoms with van der Waals surface area (Å²) in [4.78, 5) is 11.5. The smallest absolute Gasteiger partial charge is 0.221 e. The van der Waals surface area contributed by atoms with E-state index in [4.69, 9.17) is 0 Å². The van der Waals surface area contributed by atoms with Crippen molar-refractivity contribution in [1.29, 1.82) is 0 Å². The fourth-order valence-electron chi connectivity index (χ4n) is 2.43. The maximum Gasteiger partial charge on any atom is 0.221 e. The van der Waals surface area contributed by atoms with Crippen molar-refractivity contribution in [3.8, 4) is 0 Å². The molecule has 0 aromatic carbocycles. The molecule has 2 rings (SSSR count). The minimum Gasteiger partial charge on any atom is -0.353 e. The van der Waals surface area contributed by atoms with Gasteiger partial charge in [-0.05, 0) is 45.6 Å². The average Bonchev–Trinajstić information content (AvgIpc) is 2.93. The molecule has 0 spiro atoms. The third kappa shape index (κ3) is 5.04. The van der Waals surface area contributed by atoms with Gasteiger partial charge < -0.3 is 16.0 Å². The number of carbonyl (C=O) groups is 1. The largest absolute Gasteiger partial charge is 0.353 e. The molecule has 0 aromatic heterocycles. The Morgan fingerprint density at radius 1 is 1.41 bits per heavy atom. The first-order valence-corrected chi connectivity index (χ1v) is 7.00. The van der Waals surface area contributed by atoms with Gasteiger partial charge in [0.05, 0.1) is 0 Å². The van der Waals surface area contributed by atoms with E-state index in [0.717, 1.165) is 6.54 Å². The first-order chi connectivity index (χ1) is 8.24. The molecule has 2 unspecified atom stereocenters. The number of carbonyl (C=O) groups excluding carboxylic acids is 1. The van der Waals surface area contributed by atoms with Gasteiger partial charge in [0.2, 0.25) is 5.91 Å². The lowest BCUT2D eigenvalue weighted by Gasteiger charge is -2.18. The SMILES string of the molecule is CC(CC1CCCN1)NCCC(=O)NC1CC1. The normalized spacial score (nSPS) is 25.8. The lowest BCUT2D eigenvalue weighted by Crippen LogP contribution is -2.36. The monoisotopic (exact) mass is 239 g/mol. The molecule has 0 aromatic rings. The first kappa shape index (κ1) is 12.8. The predicted octanol–water partition coefficient (Wildman–Crippen LogP) is 0.775. The topological polar surface area (TPSA) is 53.2 Å². The van der Waals surface area contributed by atoms with Crippen LogP contribution in [0.3, 0.4) is 0 Å². The second-order valence-corrected chi connectivity index (χ2v) is 5.48. The molecule has 1 aliphatic carbocycles. The number of hydrogen-bond acceptors (Lipinski definition) is 3. The fourth-order valence-corrected chi connectivity index (χ4v) is 2.43. The predicted molar refractivity (Wildman–Crippen MR) is 68.9 cm³/mol. The van der Waals surface area contributed by atoms with E-state index in [1.807, 2.05) is 0 Å². The highest BCUT2D eigenvalue weighted by Crippen LogP contribution is 2.18. The van der Waals surface area contributed by atoms with Crippen LogP contribution in [0, 0.1) is 0 Å². The molecule has 1 saturated heterocycles. The van der Waals surface area contributed by atoms with Crippen LogP contribution >= 0.6 is 0 Å². The van der Waals surface area contributed by atoms with Gasteiger partial charge in [0.15, 0.2) is 0 Å². The zero-order valence-corrected chi connectivity index (χ0v) is 10.8. The molecule has 4 nitrogen and oxygen atoms in total. The van der Waals surface area contributed by atoms with E-state index in [1.165, 1.54) is 38.6 Å². The molecule has 2 aliphatic rings. The van der Waals surface area contributed by atoms with Crippen molar-refractivity contribution in [1.82, 2.24) is 16.0 Å². The molecule has 2 atom stereocenters. The van der Waals surface area contributed by atoms with Gasteiger partial charge in [-0.3, -0.25) is 4.79 Å². The number of rotatable bonds is 7. The third-order valence-electron chi connectivity index (χ3n) is 3.59. The van der Waals surface area contributed by atoms with Gasteiger partial charge in [0, 0.05) is 31.1 Å². The zero-order valence-electron chi connectivity index (χ0n) is 10.8. The minimum absolute atomic E-state index is 0.200. The van der Waals surface area contributed by atoms with Crippen molar-refractivity contribution in [2.45, 2.75) is 63.6 Å². The molecular formula is C13H25N3O. The summed E-state index contributed by atoms with van der Waals surface area (Å²) in [5.41, 5.74) is 0. The molecule has 0 radical (unpaired) electrons. The van der Waals surface area contributed by atoms with Gasteiger partial charge in [-0.1, -0.05) is 0 Å². The Kier molecular flexibility index (Phi) is 4.80. The summed E-state index contributed by atoms with van der Waals surface area (Å²) in [6.45, 7) is 4.17. The van der Waals surface area contributed by atoms with Gasteiger partial charge >= 0.3 is 0 Å². The van der Waals surface area contributed by atoms with Gasteiger partial charge in [0.25, 0.3) is 0 Å². The third-order valence-corrected chi connectivity index (χ3v) is 3.59. The molecule has 1 heterocycles. The second-order valence-electron chi connectivity index (χ2n) is 5.48. The Bertz CT molecular complexity index is 247. The number of amides is 1. The Hall–Kier alpha value is -0.610. The molecule has 98 valence electrons. The summed E-state index contributed by atoms with van der Waals surface area (Å²) in [6, 6.07) is 1.67. The van der Waals surface area contributed by atoms with Crippen LogP contribution in [0.1, 0.15) is 45.4 Å². The number of hydrogen-bond donors (Lipinski definition) is 3. The Labute approximate surface area is 104 Å². The fraction of sp³-hybridized carbons (Fsp3) is 0.923. The van der Waals surface area contributed by atoms with E-state index < -0.39 is 0 Å². The molecule has 3 N–H and O–H groups in total. The molecule has 2 fully saturated rings. The zero-order chi connectivity index (χ0) is 12.1. The summed E-state index contributed by atoms with van der Waals surface area (Å²) in [5, 5.41) is 9.94. The van der Waals surface area contributed by atoms with Crippen LogP contribution < -0.4 is 16.0 Å². The van der Waals surface area contributed by atoms with E-state index in [-0.39, 0.29) is 5.91 Å². The summed E-state index contributed by atoms with van der Waals surface area (Å²) in [5.74, 6) is 0.200. The van der Waals surface area contributed by atoms with Crippen LogP contribution in [0.2, 0.25) is 0 Å².